The van der Waals surface area contributed by atoms with E-state index in [4.69, 9.17) is 9.47 Å². The summed E-state index contributed by atoms with van der Waals surface area (Å²) in [7, 11) is 3.97. The van der Waals surface area contributed by atoms with Crippen molar-refractivity contribution < 1.29 is 9.47 Å². The highest BCUT2D eigenvalue weighted by Gasteiger charge is 2.30. The zero-order valence-electron chi connectivity index (χ0n) is 13.5. The van der Waals surface area contributed by atoms with Gasteiger partial charge in [-0.05, 0) is 12.5 Å². The minimum absolute atomic E-state index is 0. The number of aliphatic imine (C=N–C) groups is 1. The molecule has 6 heteroatoms. The largest absolute Gasteiger partial charge is 0.356 e. The third-order valence-electron chi connectivity index (χ3n) is 3.44. The van der Waals surface area contributed by atoms with E-state index in [0.29, 0.717) is 19.8 Å². The molecule has 124 valence electrons. The predicted molar refractivity (Wildman–Crippen MR) is 99.6 cm³/mol. The highest BCUT2D eigenvalue weighted by atomic mass is 127. The van der Waals surface area contributed by atoms with Crippen LogP contribution in [0.5, 0.6) is 0 Å². The second kappa shape index (κ2) is 9.32. The fourth-order valence-electron chi connectivity index (χ4n) is 2.21. The van der Waals surface area contributed by atoms with E-state index in [2.05, 4.69) is 22.4 Å². The van der Waals surface area contributed by atoms with E-state index in [0.717, 1.165) is 18.9 Å². The summed E-state index contributed by atoms with van der Waals surface area (Å²) in [5.41, 5.74) is 1.20. The number of hydrogen-bond donors (Lipinski definition) is 1. The Morgan fingerprint density at radius 2 is 1.86 bits per heavy atom. The van der Waals surface area contributed by atoms with Crippen LogP contribution in [-0.4, -0.2) is 50.5 Å². The van der Waals surface area contributed by atoms with Crippen molar-refractivity contribution in [2.24, 2.45) is 4.99 Å². The lowest BCUT2D eigenvalue weighted by Gasteiger charge is -2.24. The Morgan fingerprint density at radius 3 is 2.45 bits per heavy atom. The monoisotopic (exact) mass is 419 g/mol. The van der Waals surface area contributed by atoms with Crippen molar-refractivity contribution in [1.29, 1.82) is 0 Å². The third kappa shape index (κ3) is 6.10. The minimum atomic E-state index is -0.455. The van der Waals surface area contributed by atoms with Crippen molar-refractivity contribution >= 4 is 29.9 Å². The fourth-order valence-corrected chi connectivity index (χ4v) is 2.21. The first-order valence-corrected chi connectivity index (χ1v) is 7.36. The minimum Gasteiger partial charge on any atom is -0.356 e. The molecular formula is C16H26IN3O2. The number of guanidine groups is 1. The molecule has 0 radical (unpaired) electrons. The summed E-state index contributed by atoms with van der Waals surface area (Å²) in [6.07, 6.45) is 0.797. The summed E-state index contributed by atoms with van der Waals surface area (Å²) in [6, 6.07) is 10.2. The summed E-state index contributed by atoms with van der Waals surface area (Å²) in [4.78, 5) is 6.62. The van der Waals surface area contributed by atoms with Crippen LogP contribution in [0.3, 0.4) is 0 Å². The molecule has 0 aliphatic carbocycles. The van der Waals surface area contributed by atoms with Crippen LogP contribution in [0.25, 0.3) is 0 Å². The number of ether oxygens (including phenoxy) is 2. The maximum absolute atomic E-state index is 5.60. The summed E-state index contributed by atoms with van der Waals surface area (Å²) in [5.74, 6) is 0.421. The van der Waals surface area contributed by atoms with Gasteiger partial charge in [0.1, 0.15) is 0 Å². The summed E-state index contributed by atoms with van der Waals surface area (Å²) < 4.78 is 11.2. The second-order valence-electron chi connectivity index (χ2n) is 5.53. The van der Waals surface area contributed by atoms with E-state index in [1.165, 1.54) is 5.56 Å². The van der Waals surface area contributed by atoms with E-state index in [1.54, 1.807) is 0 Å². The van der Waals surface area contributed by atoms with Gasteiger partial charge in [-0.25, -0.2) is 4.99 Å². The molecule has 5 nitrogen and oxygen atoms in total. The molecule has 1 N–H and O–H groups in total. The van der Waals surface area contributed by atoms with Crippen LogP contribution in [0, 0.1) is 0 Å². The molecule has 1 saturated heterocycles. The highest BCUT2D eigenvalue weighted by Crippen LogP contribution is 2.21. The normalized spacial score (nSPS) is 17.0. The van der Waals surface area contributed by atoms with Gasteiger partial charge in [0.15, 0.2) is 11.7 Å². The number of nitrogens with one attached hydrogen (secondary N) is 1. The Labute approximate surface area is 150 Å². The van der Waals surface area contributed by atoms with Gasteiger partial charge in [0.05, 0.1) is 19.8 Å². The zero-order valence-corrected chi connectivity index (χ0v) is 15.9. The van der Waals surface area contributed by atoms with Gasteiger partial charge in [0, 0.05) is 27.1 Å². The molecule has 0 amide bonds. The molecule has 0 saturated carbocycles. The number of benzene rings is 1. The lowest BCUT2D eigenvalue weighted by atomic mass is 10.2. The van der Waals surface area contributed by atoms with Gasteiger partial charge in [-0.3, -0.25) is 0 Å². The first-order chi connectivity index (χ1) is 10.1. The number of halogens is 1. The molecule has 1 aliphatic heterocycles. The molecule has 1 aliphatic rings. The average molecular weight is 419 g/mol. The van der Waals surface area contributed by atoms with Crippen molar-refractivity contribution in [2.45, 2.75) is 25.7 Å². The number of nitrogens with zero attached hydrogens (tertiary/aromatic N) is 2. The molecule has 0 spiro atoms. The van der Waals surface area contributed by atoms with Gasteiger partial charge in [0.2, 0.25) is 0 Å². The van der Waals surface area contributed by atoms with Crippen LogP contribution >= 0.6 is 24.0 Å². The molecule has 1 aromatic rings. The van der Waals surface area contributed by atoms with Gasteiger partial charge in [-0.2, -0.15) is 0 Å². The summed E-state index contributed by atoms with van der Waals surface area (Å²) in [6.45, 7) is 4.78. The van der Waals surface area contributed by atoms with Crippen LogP contribution in [0.15, 0.2) is 35.3 Å². The van der Waals surface area contributed by atoms with Crippen LogP contribution < -0.4 is 5.32 Å². The summed E-state index contributed by atoms with van der Waals surface area (Å²) >= 11 is 0. The van der Waals surface area contributed by atoms with Gasteiger partial charge in [-0.1, -0.05) is 30.3 Å². The van der Waals surface area contributed by atoms with E-state index >= 15 is 0 Å². The lowest BCUT2D eigenvalue weighted by Crippen LogP contribution is -2.40. The smallest absolute Gasteiger partial charge is 0.193 e. The molecule has 1 fully saturated rings. The van der Waals surface area contributed by atoms with Crippen LogP contribution in [-0.2, 0) is 16.0 Å². The maximum Gasteiger partial charge on any atom is 0.193 e. The zero-order chi connectivity index (χ0) is 15.1. The number of hydrogen-bond acceptors (Lipinski definition) is 3. The third-order valence-corrected chi connectivity index (χ3v) is 3.44. The molecule has 1 aromatic carbocycles. The number of rotatable bonds is 5. The van der Waals surface area contributed by atoms with E-state index in [1.807, 2.05) is 44.1 Å². The standard InChI is InChI=1S/C16H25N3O2.HI/c1-16(20-11-12-21-16)9-10-17-15(19(2)3)18-13-14-7-5-4-6-8-14;/h4-8H,9-13H2,1-3H3,(H,17,18);1H. The Kier molecular flexibility index (Phi) is 8.13. The van der Waals surface area contributed by atoms with Crippen molar-refractivity contribution in [3.05, 3.63) is 35.9 Å². The molecule has 0 aromatic heterocycles. The molecular weight excluding hydrogens is 393 g/mol. The molecule has 0 bridgehead atoms. The highest BCUT2D eigenvalue weighted by molar-refractivity contribution is 14.0. The SMILES string of the molecule is CN(C)C(=NCc1ccccc1)NCCC1(C)OCCO1.I. The molecule has 1 heterocycles. The molecule has 22 heavy (non-hydrogen) atoms. The lowest BCUT2D eigenvalue weighted by molar-refractivity contribution is -0.145. The fraction of sp³-hybridized carbons (Fsp3) is 0.562. The Morgan fingerprint density at radius 1 is 1.23 bits per heavy atom. The average Bonchev–Trinajstić information content (AvgIpc) is 2.90. The van der Waals surface area contributed by atoms with Crippen LogP contribution in [0.4, 0.5) is 0 Å². The maximum atomic E-state index is 5.60. The predicted octanol–water partition coefficient (Wildman–Crippen LogP) is 2.46. The first kappa shape index (κ1) is 19.2. The van der Waals surface area contributed by atoms with Gasteiger partial charge < -0.3 is 19.7 Å². The van der Waals surface area contributed by atoms with Gasteiger partial charge in [0.25, 0.3) is 0 Å². The van der Waals surface area contributed by atoms with Crippen LogP contribution in [0.2, 0.25) is 0 Å². The van der Waals surface area contributed by atoms with Gasteiger partial charge >= 0.3 is 0 Å². The molecule has 0 unspecified atom stereocenters. The Bertz CT molecular complexity index is 460. The van der Waals surface area contributed by atoms with E-state index in [-0.39, 0.29) is 24.0 Å². The van der Waals surface area contributed by atoms with Crippen molar-refractivity contribution in [1.82, 2.24) is 10.2 Å². The Hall–Kier alpha value is -0.860. The topological polar surface area (TPSA) is 46.1 Å². The first-order valence-electron chi connectivity index (χ1n) is 7.36. The molecule has 0 atom stereocenters. The Balaban J connectivity index is 0.00000242. The van der Waals surface area contributed by atoms with Gasteiger partial charge in [-0.15, -0.1) is 24.0 Å². The van der Waals surface area contributed by atoms with E-state index < -0.39 is 5.79 Å². The van der Waals surface area contributed by atoms with Crippen LogP contribution in [0.1, 0.15) is 18.9 Å². The van der Waals surface area contributed by atoms with Crippen molar-refractivity contribution in [3.8, 4) is 0 Å². The summed E-state index contributed by atoms with van der Waals surface area (Å²) in [5, 5.41) is 3.36. The van der Waals surface area contributed by atoms with E-state index in [9.17, 15) is 0 Å². The van der Waals surface area contributed by atoms with Crippen molar-refractivity contribution in [3.63, 3.8) is 0 Å². The molecule has 2 rings (SSSR count). The quantitative estimate of drug-likeness (QED) is 0.453. The second-order valence-corrected chi connectivity index (χ2v) is 5.53. The van der Waals surface area contributed by atoms with Crippen molar-refractivity contribution in [2.75, 3.05) is 33.9 Å².